The highest BCUT2D eigenvalue weighted by Gasteiger charge is 2.31. The van der Waals surface area contributed by atoms with Crippen molar-refractivity contribution < 1.29 is 4.79 Å². The molecule has 2 aromatic rings. The van der Waals surface area contributed by atoms with Crippen molar-refractivity contribution in [3.63, 3.8) is 0 Å². The summed E-state index contributed by atoms with van der Waals surface area (Å²) in [5.74, 6) is 0.590. The van der Waals surface area contributed by atoms with Gasteiger partial charge in [0.05, 0.1) is 6.54 Å². The summed E-state index contributed by atoms with van der Waals surface area (Å²) in [5, 5.41) is 0.745. The van der Waals surface area contributed by atoms with Gasteiger partial charge in [0.15, 0.2) is 0 Å². The Balaban J connectivity index is 2.26. The van der Waals surface area contributed by atoms with Crippen molar-refractivity contribution in [1.29, 1.82) is 0 Å². The summed E-state index contributed by atoms with van der Waals surface area (Å²) >= 11 is 6.12. The number of hydrogen-bond donors (Lipinski definition) is 0. The van der Waals surface area contributed by atoms with Gasteiger partial charge in [-0.3, -0.25) is 4.79 Å². The normalized spacial score (nSPS) is 13.1. The fourth-order valence-corrected chi connectivity index (χ4v) is 3.16. The van der Waals surface area contributed by atoms with Gasteiger partial charge in [0.1, 0.15) is 0 Å². The first-order valence-electron chi connectivity index (χ1n) is 9.29. The van der Waals surface area contributed by atoms with Gasteiger partial charge >= 0.3 is 0 Å². The Kier molecular flexibility index (Phi) is 6.57. The number of carbonyl (C=O) groups excluding carboxylic acids is 1. The Morgan fingerprint density at radius 3 is 2.42 bits per heavy atom. The fraction of sp³-hybridized carbons (Fsp3) is 0.500. The molecule has 0 N–H and O–H groups in total. The molecule has 2 rings (SSSR count). The van der Waals surface area contributed by atoms with E-state index in [-0.39, 0.29) is 11.9 Å². The maximum atomic E-state index is 13.1. The summed E-state index contributed by atoms with van der Waals surface area (Å²) in [6, 6.07) is 12.2. The van der Waals surface area contributed by atoms with Crippen molar-refractivity contribution in [2.45, 2.75) is 60.7 Å². The first kappa shape index (κ1) is 20.6. The SMILES string of the molecule is CC(C)C(C)N(Cc1cccn1Cc1cccc(Cl)c1)C(=O)C(C)(C)C. The summed E-state index contributed by atoms with van der Waals surface area (Å²) in [6.45, 7) is 13.8. The molecule has 3 nitrogen and oxygen atoms in total. The van der Waals surface area contributed by atoms with Crippen LogP contribution in [-0.2, 0) is 17.9 Å². The highest BCUT2D eigenvalue weighted by molar-refractivity contribution is 6.30. The lowest BCUT2D eigenvalue weighted by atomic mass is 9.92. The van der Waals surface area contributed by atoms with E-state index in [1.165, 1.54) is 0 Å². The molecule has 1 atom stereocenters. The first-order chi connectivity index (χ1) is 12.1. The van der Waals surface area contributed by atoms with Crippen LogP contribution >= 0.6 is 11.6 Å². The zero-order valence-corrected chi connectivity index (χ0v) is 17.5. The number of carbonyl (C=O) groups is 1. The lowest BCUT2D eigenvalue weighted by molar-refractivity contribution is -0.143. The highest BCUT2D eigenvalue weighted by Crippen LogP contribution is 2.24. The third-order valence-electron chi connectivity index (χ3n) is 4.86. The average molecular weight is 375 g/mol. The van der Waals surface area contributed by atoms with Crippen LogP contribution in [0.3, 0.4) is 0 Å². The largest absolute Gasteiger partial charge is 0.345 e. The van der Waals surface area contributed by atoms with E-state index in [2.05, 4.69) is 43.7 Å². The van der Waals surface area contributed by atoms with Crippen LogP contribution in [0.5, 0.6) is 0 Å². The number of aromatic nitrogens is 1. The van der Waals surface area contributed by atoms with Crippen molar-refractivity contribution in [1.82, 2.24) is 9.47 Å². The maximum absolute atomic E-state index is 13.1. The van der Waals surface area contributed by atoms with E-state index in [0.717, 1.165) is 22.8 Å². The third-order valence-corrected chi connectivity index (χ3v) is 5.09. The molecule has 0 bridgehead atoms. The third kappa shape index (κ3) is 5.14. The summed E-state index contributed by atoms with van der Waals surface area (Å²) < 4.78 is 2.20. The zero-order chi connectivity index (χ0) is 19.5. The summed E-state index contributed by atoms with van der Waals surface area (Å²) in [5.41, 5.74) is 1.89. The van der Waals surface area contributed by atoms with Gasteiger partial charge in [-0.05, 0) is 42.7 Å². The fourth-order valence-electron chi connectivity index (χ4n) is 2.95. The Labute approximate surface area is 163 Å². The molecular weight excluding hydrogens is 344 g/mol. The molecule has 0 aliphatic carbocycles. The lowest BCUT2D eigenvalue weighted by Gasteiger charge is -2.36. The number of halogens is 1. The van der Waals surface area contributed by atoms with Gasteiger partial charge in [0.25, 0.3) is 0 Å². The van der Waals surface area contributed by atoms with Crippen LogP contribution in [0.15, 0.2) is 42.6 Å². The second-order valence-corrected chi connectivity index (χ2v) is 8.86. The Bertz CT molecular complexity index is 743. The van der Waals surface area contributed by atoms with E-state index in [0.29, 0.717) is 12.5 Å². The van der Waals surface area contributed by atoms with Crippen molar-refractivity contribution in [3.05, 3.63) is 58.9 Å². The molecule has 0 spiro atoms. The van der Waals surface area contributed by atoms with Gasteiger partial charge in [-0.1, -0.05) is 58.4 Å². The Morgan fingerprint density at radius 2 is 1.85 bits per heavy atom. The topological polar surface area (TPSA) is 25.2 Å². The zero-order valence-electron chi connectivity index (χ0n) is 16.8. The summed E-state index contributed by atoms with van der Waals surface area (Å²) in [6.07, 6.45) is 2.07. The number of benzene rings is 1. The van der Waals surface area contributed by atoms with Gasteiger partial charge in [0, 0.05) is 34.9 Å². The van der Waals surface area contributed by atoms with E-state index >= 15 is 0 Å². The van der Waals surface area contributed by atoms with Crippen LogP contribution in [-0.4, -0.2) is 21.4 Å². The molecule has 0 radical (unpaired) electrons. The van der Waals surface area contributed by atoms with Gasteiger partial charge in [0.2, 0.25) is 5.91 Å². The van der Waals surface area contributed by atoms with Gasteiger partial charge in [-0.15, -0.1) is 0 Å². The van der Waals surface area contributed by atoms with E-state index in [1.807, 2.05) is 49.9 Å². The monoisotopic (exact) mass is 374 g/mol. The van der Waals surface area contributed by atoms with E-state index in [4.69, 9.17) is 11.6 Å². The molecule has 1 heterocycles. The first-order valence-corrected chi connectivity index (χ1v) is 9.67. The predicted molar refractivity (Wildman–Crippen MR) is 109 cm³/mol. The molecule has 142 valence electrons. The van der Waals surface area contributed by atoms with Gasteiger partial charge in [-0.25, -0.2) is 0 Å². The van der Waals surface area contributed by atoms with Crippen molar-refractivity contribution >= 4 is 17.5 Å². The second kappa shape index (κ2) is 8.30. The van der Waals surface area contributed by atoms with Crippen molar-refractivity contribution in [3.8, 4) is 0 Å². The minimum Gasteiger partial charge on any atom is -0.345 e. The minimum absolute atomic E-state index is 0.177. The maximum Gasteiger partial charge on any atom is 0.228 e. The van der Waals surface area contributed by atoms with Crippen LogP contribution in [0.1, 0.15) is 52.8 Å². The molecule has 26 heavy (non-hydrogen) atoms. The van der Waals surface area contributed by atoms with Crippen LogP contribution < -0.4 is 0 Å². The van der Waals surface area contributed by atoms with E-state index in [1.54, 1.807) is 0 Å². The number of hydrogen-bond acceptors (Lipinski definition) is 1. The molecule has 1 unspecified atom stereocenters. The molecule has 1 amide bonds. The quantitative estimate of drug-likeness (QED) is 0.645. The molecule has 0 aliphatic rings. The predicted octanol–water partition coefficient (Wildman–Crippen LogP) is 5.61. The van der Waals surface area contributed by atoms with Crippen LogP contribution in [0.25, 0.3) is 0 Å². The molecular formula is C22H31ClN2O. The number of amides is 1. The summed E-state index contributed by atoms with van der Waals surface area (Å²) in [4.78, 5) is 15.1. The van der Waals surface area contributed by atoms with E-state index in [9.17, 15) is 4.79 Å². The van der Waals surface area contributed by atoms with Crippen LogP contribution in [0, 0.1) is 11.3 Å². The van der Waals surface area contributed by atoms with Crippen molar-refractivity contribution in [2.24, 2.45) is 11.3 Å². The molecule has 1 aromatic heterocycles. The lowest BCUT2D eigenvalue weighted by Crippen LogP contribution is -2.46. The second-order valence-electron chi connectivity index (χ2n) is 8.43. The minimum atomic E-state index is -0.395. The molecule has 0 aliphatic heterocycles. The van der Waals surface area contributed by atoms with E-state index < -0.39 is 5.41 Å². The smallest absolute Gasteiger partial charge is 0.228 e. The number of nitrogens with zero attached hydrogens (tertiary/aromatic N) is 2. The summed E-state index contributed by atoms with van der Waals surface area (Å²) in [7, 11) is 0. The molecule has 0 saturated heterocycles. The Hall–Kier alpha value is -1.74. The van der Waals surface area contributed by atoms with Crippen LogP contribution in [0.4, 0.5) is 0 Å². The number of rotatable bonds is 6. The molecule has 0 fully saturated rings. The average Bonchev–Trinajstić information content (AvgIpc) is 2.97. The Morgan fingerprint density at radius 1 is 1.15 bits per heavy atom. The highest BCUT2D eigenvalue weighted by atomic mass is 35.5. The molecule has 1 aromatic carbocycles. The molecule has 4 heteroatoms. The van der Waals surface area contributed by atoms with Crippen LogP contribution in [0.2, 0.25) is 5.02 Å². The van der Waals surface area contributed by atoms with Gasteiger partial charge in [-0.2, -0.15) is 0 Å². The molecule has 0 saturated carbocycles. The van der Waals surface area contributed by atoms with Gasteiger partial charge < -0.3 is 9.47 Å². The standard InChI is InChI=1S/C22H31ClN2O/c1-16(2)17(3)25(21(26)22(4,5)6)15-20-11-8-12-24(20)14-18-9-7-10-19(23)13-18/h7-13,16-17H,14-15H2,1-6H3. The van der Waals surface area contributed by atoms with Crippen molar-refractivity contribution in [2.75, 3.05) is 0 Å².